The molecule has 0 bridgehead atoms. The van der Waals surface area contributed by atoms with Crippen LogP contribution < -0.4 is 0 Å². The van der Waals surface area contributed by atoms with Crippen LogP contribution in [0.4, 0.5) is 0 Å². The summed E-state index contributed by atoms with van der Waals surface area (Å²) in [6.07, 6.45) is 0. The SMILES string of the molecule is c1cc2c([se]1)S/C(=C1\Sc3cc[se]c3S1)S2. The summed E-state index contributed by atoms with van der Waals surface area (Å²) < 4.78 is 6.30. The molecule has 0 saturated carbocycles. The summed E-state index contributed by atoms with van der Waals surface area (Å²) in [6.45, 7) is 0. The van der Waals surface area contributed by atoms with Gasteiger partial charge in [-0.05, 0) is 0 Å². The quantitative estimate of drug-likeness (QED) is 0.602. The van der Waals surface area contributed by atoms with Gasteiger partial charge in [-0.15, -0.1) is 0 Å². The molecule has 0 aliphatic carbocycles. The monoisotopic (exact) mass is 412 g/mol. The Morgan fingerprint density at radius 2 is 1.19 bits per heavy atom. The number of thioether (sulfide) groups is 4. The zero-order chi connectivity index (χ0) is 10.5. The Kier molecular flexibility index (Phi) is 3.00. The second-order valence-electron chi connectivity index (χ2n) is 3.13. The van der Waals surface area contributed by atoms with E-state index in [9.17, 15) is 0 Å². The van der Waals surface area contributed by atoms with E-state index in [2.05, 4.69) is 22.0 Å². The number of rotatable bonds is 0. The third-order valence-electron chi connectivity index (χ3n) is 2.13. The molecule has 0 spiro atoms. The maximum absolute atomic E-state index is 2.33. The number of fused-ring (bicyclic) bond motifs is 2. The van der Waals surface area contributed by atoms with Gasteiger partial charge in [-0.2, -0.15) is 0 Å². The number of hydrogen-bond acceptors (Lipinski definition) is 4. The van der Waals surface area contributed by atoms with Crippen molar-refractivity contribution in [2.75, 3.05) is 0 Å². The molecule has 0 N–H and O–H groups in total. The normalized spacial score (nSPS) is 22.5. The van der Waals surface area contributed by atoms with Crippen molar-refractivity contribution in [3.05, 3.63) is 30.5 Å². The van der Waals surface area contributed by atoms with Crippen molar-refractivity contribution in [2.24, 2.45) is 0 Å². The van der Waals surface area contributed by atoms with E-state index in [0.717, 1.165) is 0 Å². The van der Waals surface area contributed by atoms with E-state index in [1.165, 1.54) is 18.3 Å². The Balaban J connectivity index is 1.69. The minimum atomic E-state index is 0.614. The van der Waals surface area contributed by atoms with Crippen LogP contribution in [0.1, 0.15) is 0 Å². The summed E-state index contributed by atoms with van der Waals surface area (Å²) in [5.41, 5.74) is 0. The van der Waals surface area contributed by atoms with Crippen LogP contribution in [0.5, 0.6) is 0 Å². The summed E-state index contributed by atoms with van der Waals surface area (Å²) in [4.78, 5) is 7.69. The second-order valence-corrected chi connectivity index (χ2v) is 12.8. The van der Waals surface area contributed by atoms with E-state index in [1.807, 2.05) is 47.0 Å². The summed E-state index contributed by atoms with van der Waals surface area (Å²) in [5, 5.41) is 0. The van der Waals surface area contributed by atoms with Crippen LogP contribution in [-0.4, -0.2) is 29.0 Å². The molecular formula is C10H4S4Se2. The van der Waals surface area contributed by atoms with Gasteiger partial charge >= 0.3 is 124 Å². The van der Waals surface area contributed by atoms with E-state index < -0.39 is 0 Å². The molecule has 0 aromatic carbocycles. The molecule has 80 valence electrons. The molecule has 16 heavy (non-hydrogen) atoms. The van der Waals surface area contributed by atoms with E-state index in [-0.39, 0.29) is 0 Å². The first-order valence-corrected chi connectivity index (χ1v) is 11.5. The van der Waals surface area contributed by atoms with Gasteiger partial charge in [0.1, 0.15) is 0 Å². The molecule has 2 aliphatic rings. The van der Waals surface area contributed by atoms with Gasteiger partial charge in [-0.1, -0.05) is 0 Å². The minimum absolute atomic E-state index is 0.614. The summed E-state index contributed by atoms with van der Waals surface area (Å²) in [6, 6.07) is 4.60. The zero-order valence-corrected chi connectivity index (χ0v) is 14.5. The average molecular weight is 410 g/mol. The van der Waals surface area contributed by atoms with Gasteiger partial charge < -0.3 is 0 Å². The molecule has 0 unspecified atom stereocenters. The molecule has 6 heteroatoms. The Hall–Kier alpha value is 1.14. The Morgan fingerprint density at radius 3 is 1.62 bits per heavy atom. The Bertz CT molecular complexity index is 498. The van der Waals surface area contributed by atoms with Crippen LogP contribution >= 0.6 is 47.0 Å². The van der Waals surface area contributed by atoms with E-state index >= 15 is 0 Å². The fraction of sp³-hybridized carbons (Fsp3) is 0. The molecule has 0 saturated heterocycles. The van der Waals surface area contributed by atoms with Crippen LogP contribution in [0.25, 0.3) is 0 Å². The fourth-order valence-corrected chi connectivity index (χ4v) is 12.8. The topological polar surface area (TPSA) is 0 Å². The van der Waals surface area contributed by atoms with Gasteiger partial charge in [0.25, 0.3) is 0 Å². The van der Waals surface area contributed by atoms with E-state index in [4.69, 9.17) is 0 Å². The van der Waals surface area contributed by atoms with Crippen LogP contribution in [0.3, 0.4) is 0 Å². The van der Waals surface area contributed by atoms with Crippen molar-refractivity contribution >= 4 is 76.1 Å². The molecule has 4 rings (SSSR count). The van der Waals surface area contributed by atoms with Gasteiger partial charge in [0.05, 0.1) is 0 Å². The first-order valence-electron chi connectivity index (χ1n) is 4.51. The van der Waals surface area contributed by atoms with Crippen molar-refractivity contribution in [1.29, 1.82) is 0 Å². The zero-order valence-electron chi connectivity index (χ0n) is 7.76. The molecule has 2 aromatic rings. The standard InChI is InChI=1S/C10H4S4Se2/c1-3-15-9-5(1)11-7(13-9)8-12-6-2-4-16-10(6)14-8/h1-4H/b8-7+. The summed E-state index contributed by atoms with van der Waals surface area (Å²) >= 11 is 9.23. The predicted molar refractivity (Wildman–Crippen MR) is 77.2 cm³/mol. The van der Waals surface area contributed by atoms with Crippen LogP contribution in [-0.2, 0) is 0 Å². The van der Waals surface area contributed by atoms with Gasteiger partial charge in [-0.25, -0.2) is 0 Å². The van der Waals surface area contributed by atoms with Crippen LogP contribution in [0, 0.1) is 0 Å². The van der Waals surface area contributed by atoms with Crippen molar-refractivity contribution in [3.63, 3.8) is 0 Å². The molecule has 2 aromatic heterocycles. The Morgan fingerprint density at radius 1 is 0.688 bits per heavy atom. The molecule has 0 amide bonds. The maximum atomic E-state index is 2.33. The van der Waals surface area contributed by atoms with Gasteiger partial charge in [0.15, 0.2) is 0 Å². The van der Waals surface area contributed by atoms with Crippen molar-refractivity contribution in [2.45, 2.75) is 17.3 Å². The molecule has 0 radical (unpaired) electrons. The van der Waals surface area contributed by atoms with Gasteiger partial charge in [0, 0.05) is 0 Å². The molecule has 0 atom stereocenters. The average Bonchev–Trinajstić information content (AvgIpc) is 2.94. The summed E-state index contributed by atoms with van der Waals surface area (Å²) in [7, 11) is 0. The first kappa shape index (κ1) is 11.0. The summed E-state index contributed by atoms with van der Waals surface area (Å²) in [5.74, 6) is 0. The van der Waals surface area contributed by atoms with Crippen molar-refractivity contribution in [3.8, 4) is 0 Å². The molecule has 0 nitrogen and oxygen atoms in total. The molecule has 4 heterocycles. The van der Waals surface area contributed by atoms with Crippen LogP contribution in [0.2, 0.25) is 0 Å². The molecule has 0 fully saturated rings. The Labute approximate surface area is 123 Å². The van der Waals surface area contributed by atoms with E-state index in [0.29, 0.717) is 29.0 Å². The second kappa shape index (κ2) is 4.36. The van der Waals surface area contributed by atoms with Crippen molar-refractivity contribution < 1.29 is 0 Å². The van der Waals surface area contributed by atoms with E-state index in [1.54, 1.807) is 7.54 Å². The third-order valence-corrected chi connectivity index (χ3v) is 13.0. The molecule has 2 aliphatic heterocycles. The molecular weight excluding hydrogens is 406 g/mol. The fourth-order valence-electron chi connectivity index (χ4n) is 1.44. The van der Waals surface area contributed by atoms with Gasteiger partial charge in [0.2, 0.25) is 0 Å². The third kappa shape index (κ3) is 1.79. The number of hydrogen-bond donors (Lipinski definition) is 0. The van der Waals surface area contributed by atoms with Crippen molar-refractivity contribution in [1.82, 2.24) is 0 Å². The first-order chi connectivity index (χ1) is 7.90. The predicted octanol–water partition coefficient (Wildman–Crippen LogP) is 4.02. The van der Waals surface area contributed by atoms with Crippen LogP contribution in [0.15, 0.2) is 47.8 Å². The van der Waals surface area contributed by atoms with Gasteiger partial charge in [-0.3, -0.25) is 0 Å².